The molecule has 0 heterocycles. The number of phosphoric ester groups is 1. The van der Waals surface area contributed by atoms with Gasteiger partial charge in [0.2, 0.25) is 0 Å². The predicted molar refractivity (Wildman–Crippen MR) is 290 cm³/mol. The van der Waals surface area contributed by atoms with Gasteiger partial charge < -0.3 is 9.79 Å². The minimum Gasteiger partial charge on any atom is -0.303 e. The quantitative estimate of drug-likeness (QED) is 0.0485. The van der Waals surface area contributed by atoms with E-state index in [1.807, 2.05) is 6.92 Å². The Morgan fingerprint density at radius 3 is 0.600 bits per heavy atom. The Morgan fingerprint density at radius 2 is 0.446 bits per heavy atom. The van der Waals surface area contributed by atoms with Crippen LogP contribution in [0.5, 0.6) is 0 Å². The van der Waals surface area contributed by atoms with Crippen molar-refractivity contribution in [2.45, 2.75) is 231 Å². The standard InChI is InChI=1S/C60H99O4P/c1-49(2)25-14-26-50(3)27-15-28-51(4)29-16-30-52(5)31-17-32-53(6)33-18-34-54(7)35-19-36-55(8)37-20-38-56(9)39-21-40-57(10)41-22-42-58(11)43-23-44-59(12)45-24-46-60(13)47-48-64-65(61,62)63/h25,27,29,31,33,35,37,39,41,43,45,47H,14-24,26,28,30,32,34,36,38,40,42,44,46,48H2,1-13H3,(H2,61,62,63)/b50-27+,51-29+,52-31-,53-33-,54-35-,55-37-,56-39-,57-41-,58-43-,59-45-,60-47-. The van der Waals surface area contributed by atoms with Gasteiger partial charge in [-0.25, -0.2) is 4.57 Å². The third-order valence-electron chi connectivity index (χ3n) is 12.1. The van der Waals surface area contributed by atoms with E-state index in [1.165, 1.54) is 87.0 Å². The van der Waals surface area contributed by atoms with Gasteiger partial charge in [0.1, 0.15) is 0 Å². The molecule has 2 N–H and O–H groups in total. The van der Waals surface area contributed by atoms with Crippen LogP contribution in [-0.2, 0) is 9.09 Å². The van der Waals surface area contributed by atoms with Gasteiger partial charge in [-0.05, 0) is 231 Å². The number of hydrogen-bond acceptors (Lipinski definition) is 2. The molecule has 0 aromatic rings. The van der Waals surface area contributed by atoms with Crippen LogP contribution in [0.25, 0.3) is 0 Å². The molecule has 5 heteroatoms. The minimum absolute atomic E-state index is 0.0554. The van der Waals surface area contributed by atoms with Crippen LogP contribution in [-0.4, -0.2) is 16.4 Å². The van der Waals surface area contributed by atoms with Crippen molar-refractivity contribution in [2.24, 2.45) is 0 Å². The fraction of sp³-hybridized carbons (Fsp3) is 0.600. The summed E-state index contributed by atoms with van der Waals surface area (Å²) in [5.74, 6) is 0. The monoisotopic (exact) mass is 915 g/mol. The normalized spacial score (nSPS) is 15.1. The maximum atomic E-state index is 10.8. The maximum Gasteiger partial charge on any atom is 0.469 e. The topological polar surface area (TPSA) is 66.8 Å². The first-order chi connectivity index (χ1) is 30.7. The van der Waals surface area contributed by atoms with Crippen LogP contribution in [0.2, 0.25) is 0 Å². The number of hydrogen-bond donors (Lipinski definition) is 2. The lowest BCUT2D eigenvalue weighted by Gasteiger charge is -2.04. The highest BCUT2D eigenvalue weighted by atomic mass is 31.2. The van der Waals surface area contributed by atoms with Gasteiger partial charge in [-0.3, -0.25) is 4.52 Å². The molecule has 65 heavy (non-hydrogen) atoms. The van der Waals surface area contributed by atoms with Gasteiger partial charge in [-0.1, -0.05) is 140 Å². The second-order valence-electron chi connectivity index (χ2n) is 19.5. The van der Waals surface area contributed by atoms with E-state index in [9.17, 15) is 4.57 Å². The first kappa shape index (κ1) is 62.0. The third kappa shape index (κ3) is 43.3. The van der Waals surface area contributed by atoms with Crippen LogP contribution in [0.3, 0.4) is 0 Å². The molecule has 0 unspecified atom stereocenters. The molecule has 0 saturated carbocycles. The summed E-state index contributed by atoms with van der Waals surface area (Å²) in [6.45, 7) is 29.0. The van der Waals surface area contributed by atoms with Crippen molar-refractivity contribution in [3.63, 3.8) is 0 Å². The molecule has 0 rings (SSSR count). The van der Waals surface area contributed by atoms with Crippen LogP contribution in [0.15, 0.2) is 140 Å². The predicted octanol–water partition coefficient (Wildman–Crippen LogP) is 20.1. The molecule has 0 aliphatic carbocycles. The molecule has 0 spiro atoms. The molecule has 0 bridgehead atoms. The van der Waals surface area contributed by atoms with E-state index in [0.29, 0.717) is 0 Å². The van der Waals surface area contributed by atoms with E-state index in [1.54, 1.807) is 6.08 Å². The van der Waals surface area contributed by atoms with Crippen LogP contribution in [0.1, 0.15) is 231 Å². The Bertz CT molecular complexity index is 1770. The zero-order valence-electron chi connectivity index (χ0n) is 44.3. The summed E-state index contributed by atoms with van der Waals surface area (Å²) in [5.41, 5.74) is 17.4. The van der Waals surface area contributed by atoms with E-state index < -0.39 is 7.82 Å². The van der Waals surface area contributed by atoms with Gasteiger partial charge in [-0.15, -0.1) is 0 Å². The molecule has 0 aromatic heterocycles. The fourth-order valence-corrected chi connectivity index (χ4v) is 7.72. The average Bonchev–Trinajstić information content (AvgIpc) is 3.20. The molecule has 368 valence electrons. The van der Waals surface area contributed by atoms with E-state index in [2.05, 4.69) is 154 Å². The summed E-state index contributed by atoms with van der Waals surface area (Å²) in [4.78, 5) is 17.6. The van der Waals surface area contributed by atoms with Gasteiger partial charge in [0, 0.05) is 0 Å². The first-order valence-electron chi connectivity index (χ1n) is 25.3. The molecular formula is C60H99O4P. The largest absolute Gasteiger partial charge is 0.469 e. The number of rotatable bonds is 36. The summed E-state index contributed by atoms with van der Waals surface area (Å²) in [6.07, 6.45) is 52.9. The molecule has 4 nitrogen and oxygen atoms in total. The zero-order valence-corrected chi connectivity index (χ0v) is 45.2. The van der Waals surface area contributed by atoms with E-state index in [4.69, 9.17) is 9.79 Å². The van der Waals surface area contributed by atoms with Crippen LogP contribution in [0.4, 0.5) is 0 Å². The summed E-state index contributed by atoms with van der Waals surface area (Å²) < 4.78 is 15.3. The molecule has 0 atom stereocenters. The van der Waals surface area contributed by atoms with Gasteiger partial charge in [0.05, 0.1) is 6.61 Å². The van der Waals surface area contributed by atoms with Crippen molar-refractivity contribution in [3.8, 4) is 0 Å². The van der Waals surface area contributed by atoms with Crippen LogP contribution < -0.4 is 0 Å². The summed E-state index contributed by atoms with van der Waals surface area (Å²) in [6, 6.07) is 0. The van der Waals surface area contributed by atoms with Crippen molar-refractivity contribution in [1.82, 2.24) is 0 Å². The highest BCUT2D eigenvalue weighted by molar-refractivity contribution is 7.46. The number of allylic oxidation sites excluding steroid dienone is 23. The molecule has 0 aliphatic heterocycles. The summed E-state index contributed by atoms with van der Waals surface area (Å²) in [5, 5.41) is 0. The van der Waals surface area contributed by atoms with Crippen LogP contribution in [0, 0.1) is 0 Å². The second-order valence-corrected chi connectivity index (χ2v) is 20.8. The Balaban J connectivity index is 4.29. The maximum absolute atomic E-state index is 10.8. The van der Waals surface area contributed by atoms with Gasteiger partial charge in [0.15, 0.2) is 0 Å². The highest BCUT2D eigenvalue weighted by Crippen LogP contribution is 2.35. The Labute approximate surface area is 402 Å². The molecule has 0 fully saturated rings. The second kappa shape index (κ2) is 39.0. The molecule has 0 aromatic carbocycles. The van der Waals surface area contributed by atoms with Crippen molar-refractivity contribution in [2.75, 3.05) is 6.61 Å². The van der Waals surface area contributed by atoms with Crippen molar-refractivity contribution < 1.29 is 18.9 Å². The van der Waals surface area contributed by atoms with Crippen LogP contribution >= 0.6 is 7.82 Å². The summed E-state index contributed by atoms with van der Waals surface area (Å²) >= 11 is 0. The van der Waals surface area contributed by atoms with Crippen molar-refractivity contribution in [3.05, 3.63) is 140 Å². The molecule has 0 radical (unpaired) electrons. The molecular weight excluding hydrogens is 816 g/mol. The first-order valence-corrected chi connectivity index (χ1v) is 26.8. The third-order valence-corrected chi connectivity index (χ3v) is 12.6. The zero-order chi connectivity index (χ0) is 48.9. The van der Waals surface area contributed by atoms with Gasteiger partial charge in [-0.2, -0.15) is 0 Å². The smallest absolute Gasteiger partial charge is 0.303 e. The Morgan fingerprint density at radius 1 is 0.292 bits per heavy atom. The Hall–Kier alpha value is -3.01. The SMILES string of the molecule is CC(C)=CCC/C(C)=C/CC/C(C)=C/CC/C(C)=C\CC/C(C)=C\CC/C(C)=C\CC/C(C)=C\CC/C(C)=C\CC/C(C)=C\CC/C(C)=C\CC/C(C)=C\CC/C(C)=C\COP(=O)(O)O. The van der Waals surface area contributed by atoms with E-state index in [-0.39, 0.29) is 6.61 Å². The molecule has 0 saturated heterocycles. The van der Waals surface area contributed by atoms with E-state index >= 15 is 0 Å². The lowest BCUT2D eigenvalue weighted by molar-refractivity contribution is 0.215. The average molecular weight is 915 g/mol. The van der Waals surface area contributed by atoms with Crippen molar-refractivity contribution in [1.29, 1.82) is 0 Å². The molecule has 0 aliphatic rings. The summed E-state index contributed by atoms with van der Waals surface area (Å²) in [7, 11) is -4.40. The van der Waals surface area contributed by atoms with Gasteiger partial charge >= 0.3 is 7.82 Å². The Kier molecular flexibility index (Phi) is 37.2. The lowest BCUT2D eigenvalue weighted by Crippen LogP contribution is -1.89. The number of phosphoric acid groups is 1. The van der Waals surface area contributed by atoms with E-state index in [0.717, 1.165) is 121 Å². The highest BCUT2D eigenvalue weighted by Gasteiger charge is 2.11. The lowest BCUT2D eigenvalue weighted by atomic mass is 10.0. The molecule has 0 amide bonds. The van der Waals surface area contributed by atoms with Crippen molar-refractivity contribution >= 4 is 7.82 Å². The van der Waals surface area contributed by atoms with Gasteiger partial charge in [0.25, 0.3) is 0 Å². The minimum atomic E-state index is -4.40. The fourth-order valence-electron chi connectivity index (χ4n) is 7.45.